The molecule has 0 saturated carbocycles. The smallest absolute Gasteiger partial charge is 0.230 e. The van der Waals surface area contributed by atoms with Crippen molar-refractivity contribution in [3.63, 3.8) is 0 Å². The molecule has 6 nitrogen and oxygen atoms in total. The highest BCUT2D eigenvalue weighted by Gasteiger charge is 2.22. The lowest BCUT2D eigenvalue weighted by atomic mass is 9.88. The van der Waals surface area contributed by atoms with Crippen molar-refractivity contribution in [3.05, 3.63) is 53.5 Å². The van der Waals surface area contributed by atoms with E-state index in [0.717, 1.165) is 48.1 Å². The summed E-state index contributed by atoms with van der Waals surface area (Å²) in [6.45, 7) is 4.69. The monoisotopic (exact) mass is 396 g/mol. The van der Waals surface area contributed by atoms with Gasteiger partial charge in [0.2, 0.25) is 5.91 Å². The summed E-state index contributed by atoms with van der Waals surface area (Å²) in [5.41, 5.74) is 3.53. The van der Waals surface area contributed by atoms with Crippen molar-refractivity contribution in [2.75, 3.05) is 5.75 Å². The highest BCUT2D eigenvalue weighted by Crippen LogP contribution is 2.30. The molecule has 1 N–H and O–H groups in total. The van der Waals surface area contributed by atoms with Gasteiger partial charge in [0, 0.05) is 6.54 Å². The number of fused-ring (bicyclic) bond motifs is 1. The lowest BCUT2D eigenvalue weighted by molar-refractivity contribution is -0.119. The van der Waals surface area contributed by atoms with Crippen molar-refractivity contribution in [1.29, 1.82) is 0 Å². The number of benzene rings is 1. The van der Waals surface area contributed by atoms with Crippen molar-refractivity contribution < 1.29 is 9.21 Å². The van der Waals surface area contributed by atoms with Crippen LogP contribution in [-0.4, -0.2) is 26.4 Å². The second-order valence-electron chi connectivity index (χ2n) is 6.94. The first-order valence-electron chi connectivity index (χ1n) is 9.65. The fourth-order valence-electron chi connectivity index (χ4n) is 3.77. The van der Waals surface area contributed by atoms with Gasteiger partial charge in [-0.2, -0.15) is 0 Å². The molecule has 1 aliphatic rings. The van der Waals surface area contributed by atoms with Crippen molar-refractivity contribution in [1.82, 2.24) is 20.1 Å². The SMILES string of the molecule is CCn1c(SCC(=O)N[C@@H]2CCCc3ccccc32)nnc1-c1ccoc1C. The van der Waals surface area contributed by atoms with Gasteiger partial charge >= 0.3 is 0 Å². The Labute approximate surface area is 168 Å². The first-order valence-corrected chi connectivity index (χ1v) is 10.6. The number of nitrogens with zero attached hydrogens (tertiary/aromatic N) is 3. The van der Waals surface area contributed by atoms with Gasteiger partial charge in [0.05, 0.1) is 23.6 Å². The molecule has 1 amide bonds. The summed E-state index contributed by atoms with van der Waals surface area (Å²) < 4.78 is 7.41. The van der Waals surface area contributed by atoms with E-state index in [0.29, 0.717) is 5.75 Å². The number of aryl methyl sites for hydroxylation is 2. The number of carbonyl (C=O) groups is 1. The average Bonchev–Trinajstić information content (AvgIpc) is 3.31. The minimum Gasteiger partial charge on any atom is -0.469 e. The summed E-state index contributed by atoms with van der Waals surface area (Å²) in [4.78, 5) is 12.6. The second-order valence-corrected chi connectivity index (χ2v) is 7.88. The molecule has 1 atom stereocenters. The molecule has 146 valence electrons. The summed E-state index contributed by atoms with van der Waals surface area (Å²) in [5, 5.41) is 12.5. The van der Waals surface area contributed by atoms with Gasteiger partial charge in [-0.3, -0.25) is 4.79 Å². The summed E-state index contributed by atoms with van der Waals surface area (Å²) in [6.07, 6.45) is 4.84. The highest BCUT2D eigenvalue weighted by molar-refractivity contribution is 7.99. The van der Waals surface area contributed by atoms with E-state index in [2.05, 4.69) is 33.7 Å². The number of rotatable bonds is 6. The van der Waals surface area contributed by atoms with Crippen LogP contribution in [0.1, 0.15) is 42.7 Å². The van der Waals surface area contributed by atoms with Crippen molar-refractivity contribution in [3.8, 4) is 11.4 Å². The van der Waals surface area contributed by atoms with Crippen LogP contribution in [0.3, 0.4) is 0 Å². The maximum atomic E-state index is 12.6. The molecule has 4 rings (SSSR count). The predicted molar refractivity (Wildman–Crippen MR) is 109 cm³/mol. The molecule has 1 aliphatic carbocycles. The zero-order valence-electron chi connectivity index (χ0n) is 16.1. The van der Waals surface area contributed by atoms with E-state index in [4.69, 9.17) is 4.42 Å². The van der Waals surface area contributed by atoms with Crippen molar-refractivity contribution in [2.45, 2.75) is 50.9 Å². The van der Waals surface area contributed by atoms with Gasteiger partial charge in [-0.05, 0) is 50.3 Å². The molecule has 0 unspecified atom stereocenters. The summed E-state index contributed by atoms with van der Waals surface area (Å²) >= 11 is 1.42. The Bertz CT molecular complexity index is 978. The molecule has 28 heavy (non-hydrogen) atoms. The van der Waals surface area contributed by atoms with Gasteiger partial charge in [-0.15, -0.1) is 10.2 Å². The van der Waals surface area contributed by atoms with Crippen LogP contribution in [0.25, 0.3) is 11.4 Å². The van der Waals surface area contributed by atoms with Gasteiger partial charge < -0.3 is 14.3 Å². The topological polar surface area (TPSA) is 73.0 Å². The van der Waals surface area contributed by atoms with Gasteiger partial charge in [-0.1, -0.05) is 36.0 Å². The molecular formula is C21H24N4O2S. The Morgan fingerprint density at radius 3 is 2.96 bits per heavy atom. The molecular weight excluding hydrogens is 372 g/mol. The number of furan rings is 1. The van der Waals surface area contributed by atoms with Gasteiger partial charge in [-0.25, -0.2) is 0 Å². The van der Waals surface area contributed by atoms with Gasteiger partial charge in [0.1, 0.15) is 5.76 Å². The highest BCUT2D eigenvalue weighted by atomic mass is 32.2. The maximum Gasteiger partial charge on any atom is 0.230 e. The molecule has 0 aliphatic heterocycles. The molecule has 3 aromatic rings. The number of thioether (sulfide) groups is 1. The zero-order valence-corrected chi connectivity index (χ0v) is 17.0. The van der Waals surface area contributed by atoms with Crippen molar-refractivity contribution >= 4 is 17.7 Å². The molecule has 0 saturated heterocycles. The van der Waals surface area contributed by atoms with Crippen LogP contribution in [0.15, 0.2) is 46.2 Å². The Balaban J connectivity index is 1.42. The van der Waals surface area contributed by atoms with Crippen LogP contribution >= 0.6 is 11.8 Å². The molecule has 0 spiro atoms. The van der Waals surface area contributed by atoms with E-state index in [1.54, 1.807) is 6.26 Å². The quantitative estimate of drug-likeness (QED) is 0.634. The Kier molecular flexibility index (Phi) is 5.52. The van der Waals surface area contributed by atoms with E-state index in [9.17, 15) is 4.79 Å². The average molecular weight is 397 g/mol. The Morgan fingerprint density at radius 1 is 1.32 bits per heavy atom. The van der Waals surface area contributed by atoms with E-state index in [-0.39, 0.29) is 11.9 Å². The molecule has 1 aromatic carbocycles. The number of nitrogens with one attached hydrogen (secondary N) is 1. The standard InChI is InChI=1S/C21H24N4O2S/c1-3-25-20(16-11-12-27-14(16)2)23-24-21(25)28-13-19(26)22-18-10-6-8-15-7-4-5-9-17(15)18/h4-5,7,9,11-12,18H,3,6,8,10,13H2,1-2H3,(H,22,26)/t18-/m1/s1. The van der Waals surface area contributed by atoms with Gasteiger partial charge in [0.15, 0.2) is 11.0 Å². The lowest BCUT2D eigenvalue weighted by Gasteiger charge is -2.26. The number of aromatic nitrogens is 3. The van der Waals surface area contributed by atoms with Crippen LogP contribution in [0.4, 0.5) is 0 Å². The van der Waals surface area contributed by atoms with E-state index in [1.807, 2.05) is 30.5 Å². The van der Waals surface area contributed by atoms with Crippen LogP contribution < -0.4 is 5.32 Å². The normalized spacial score (nSPS) is 16.0. The van der Waals surface area contributed by atoms with Crippen LogP contribution in [0.2, 0.25) is 0 Å². The number of hydrogen-bond donors (Lipinski definition) is 1. The summed E-state index contributed by atoms with van der Waals surface area (Å²) in [6, 6.07) is 10.4. The number of amides is 1. The van der Waals surface area contributed by atoms with Crippen molar-refractivity contribution in [2.24, 2.45) is 0 Å². The maximum absolute atomic E-state index is 12.6. The lowest BCUT2D eigenvalue weighted by Crippen LogP contribution is -2.32. The number of carbonyl (C=O) groups excluding carboxylic acids is 1. The third-order valence-electron chi connectivity index (χ3n) is 5.17. The first kappa shape index (κ1) is 18.8. The van der Waals surface area contributed by atoms with Crippen LogP contribution in [0, 0.1) is 6.92 Å². The molecule has 2 heterocycles. The zero-order chi connectivity index (χ0) is 19.5. The van der Waals surface area contributed by atoms with E-state index >= 15 is 0 Å². The summed E-state index contributed by atoms with van der Waals surface area (Å²) in [7, 11) is 0. The molecule has 7 heteroatoms. The molecule has 0 radical (unpaired) electrons. The van der Waals surface area contributed by atoms with Gasteiger partial charge in [0.25, 0.3) is 0 Å². The second kappa shape index (κ2) is 8.22. The minimum absolute atomic E-state index is 0.0263. The predicted octanol–water partition coefficient (Wildman–Crippen LogP) is 4.15. The first-order chi connectivity index (χ1) is 13.7. The van der Waals surface area contributed by atoms with E-state index < -0.39 is 0 Å². The third kappa shape index (κ3) is 3.71. The third-order valence-corrected chi connectivity index (χ3v) is 6.14. The van der Waals surface area contributed by atoms with E-state index in [1.165, 1.54) is 22.9 Å². The summed E-state index contributed by atoms with van der Waals surface area (Å²) in [5.74, 6) is 1.94. The number of hydrogen-bond acceptors (Lipinski definition) is 5. The molecule has 0 fully saturated rings. The fourth-order valence-corrected chi connectivity index (χ4v) is 4.58. The fraction of sp³-hybridized carbons (Fsp3) is 0.381. The van der Waals surface area contributed by atoms with Crippen LogP contribution in [0.5, 0.6) is 0 Å². The Morgan fingerprint density at radius 2 is 2.18 bits per heavy atom. The van der Waals surface area contributed by atoms with Crippen LogP contribution in [-0.2, 0) is 17.8 Å². The largest absolute Gasteiger partial charge is 0.469 e. The minimum atomic E-state index is 0.0263. The molecule has 2 aromatic heterocycles. The Hall–Kier alpha value is -2.54. The molecule has 0 bridgehead atoms.